The SMILES string of the molecule is Cc1csc(CCCCNC(=O)c2sc(COc3ccc(Cl)cc3)nc2C)n1. The van der Waals surface area contributed by atoms with Crippen LogP contribution in [0.4, 0.5) is 0 Å². The van der Waals surface area contributed by atoms with E-state index in [0.29, 0.717) is 23.1 Å². The van der Waals surface area contributed by atoms with E-state index in [1.165, 1.54) is 11.3 Å². The van der Waals surface area contributed by atoms with Gasteiger partial charge in [0.15, 0.2) is 0 Å². The Morgan fingerprint density at radius 2 is 1.93 bits per heavy atom. The predicted octanol–water partition coefficient (Wildman–Crippen LogP) is 5.20. The van der Waals surface area contributed by atoms with Crippen molar-refractivity contribution in [3.8, 4) is 5.75 Å². The Labute approximate surface area is 177 Å². The molecule has 28 heavy (non-hydrogen) atoms. The third kappa shape index (κ3) is 6.02. The van der Waals surface area contributed by atoms with Gasteiger partial charge in [-0.1, -0.05) is 11.6 Å². The van der Waals surface area contributed by atoms with Crippen molar-refractivity contribution < 1.29 is 9.53 Å². The number of hydrogen-bond acceptors (Lipinski definition) is 6. The Balaban J connectivity index is 1.42. The van der Waals surface area contributed by atoms with E-state index >= 15 is 0 Å². The highest BCUT2D eigenvalue weighted by atomic mass is 35.5. The van der Waals surface area contributed by atoms with Crippen LogP contribution in [0.5, 0.6) is 5.75 Å². The lowest BCUT2D eigenvalue weighted by Gasteiger charge is -2.04. The molecular formula is C20H22ClN3O2S2. The van der Waals surface area contributed by atoms with Crippen LogP contribution in [0.3, 0.4) is 0 Å². The van der Waals surface area contributed by atoms with E-state index in [0.717, 1.165) is 46.4 Å². The van der Waals surface area contributed by atoms with Gasteiger partial charge in [0.25, 0.3) is 5.91 Å². The number of aromatic nitrogens is 2. The molecule has 0 saturated heterocycles. The monoisotopic (exact) mass is 435 g/mol. The zero-order valence-electron chi connectivity index (χ0n) is 15.8. The van der Waals surface area contributed by atoms with E-state index in [2.05, 4.69) is 20.7 Å². The van der Waals surface area contributed by atoms with Crippen molar-refractivity contribution in [3.63, 3.8) is 0 Å². The largest absolute Gasteiger partial charge is 0.486 e. The molecule has 0 spiro atoms. The Kier molecular flexibility index (Phi) is 7.42. The second kappa shape index (κ2) is 10.0. The molecule has 0 aliphatic carbocycles. The fourth-order valence-electron chi connectivity index (χ4n) is 2.60. The predicted molar refractivity (Wildman–Crippen MR) is 115 cm³/mol. The third-order valence-corrected chi connectivity index (χ3v) is 6.40. The number of hydrogen-bond donors (Lipinski definition) is 1. The zero-order chi connectivity index (χ0) is 19.9. The van der Waals surface area contributed by atoms with E-state index in [4.69, 9.17) is 16.3 Å². The van der Waals surface area contributed by atoms with Crippen molar-refractivity contribution in [1.82, 2.24) is 15.3 Å². The molecule has 0 bridgehead atoms. The van der Waals surface area contributed by atoms with E-state index in [-0.39, 0.29) is 5.91 Å². The number of benzene rings is 1. The number of carbonyl (C=O) groups excluding carboxylic acids is 1. The minimum Gasteiger partial charge on any atom is -0.486 e. The van der Waals surface area contributed by atoms with Crippen molar-refractivity contribution >= 4 is 40.2 Å². The number of ether oxygens (including phenoxy) is 1. The number of nitrogens with zero attached hydrogens (tertiary/aromatic N) is 2. The van der Waals surface area contributed by atoms with Gasteiger partial charge in [0.2, 0.25) is 0 Å². The van der Waals surface area contributed by atoms with E-state index in [1.54, 1.807) is 23.5 Å². The van der Waals surface area contributed by atoms with Gasteiger partial charge in [-0.2, -0.15) is 0 Å². The summed E-state index contributed by atoms with van der Waals surface area (Å²) >= 11 is 8.93. The van der Waals surface area contributed by atoms with Gasteiger partial charge in [-0.3, -0.25) is 4.79 Å². The molecule has 3 rings (SSSR count). The minimum absolute atomic E-state index is 0.0714. The summed E-state index contributed by atoms with van der Waals surface area (Å²) in [7, 11) is 0. The second-order valence-electron chi connectivity index (χ2n) is 6.36. The number of halogens is 1. The lowest BCUT2D eigenvalue weighted by atomic mass is 10.2. The average molecular weight is 436 g/mol. The number of rotatable bonds is 9. The Hall–Kier alpha value is -1.96. The van der Waals surface area contributed by atoms with Crippen LogP contribution < -0.4 is 10.1 Å². The summed E-state index contributed by atoms with van der Waals surface area (Å²) in [5.74, 6) is 0.650. The fraction of sp³-hybridized carbons (Fsp3) is 0.350. The second-order valence-corrected chi connectivity index (χ2v) is 8.82. The first-order valence-electron chi connectivity index (χ1n) is 9.05. The van der Waals surface area contributed by atoms with Gasteiger partial charge in [0, 0.05) is 22.6 Å². The molecule has 148 valence electrons. The molecule has 1 amide bonds. The zero-order valence-corrected chi connectivity index (χ0v) is 18.2. The molecule has 2 heterocycles. The molecule has 2 aromatic heterocycles. The summed E-state index contributed by atoms with van der Waals surface area (Å²) in [6.45, 7) is 4.83. The quantitative estimate of drug-likeness (QED) is 0.469. The van der Waals surface area contributed by atoms with Gasteiger partial charge in [-0.05, 0) is 57.4 Å². The molecule has 5 nitrogen and oxygen atoms in total. The Morgan fingerprint density at radius 3 is 2.64 bits per heavy atom. The van der Waals surface area contributed by atoms with Crippen molar-refractivity contribution in [2.24, 2.45) is 0 Å². The van der Waals surface area contributed by atoms with Gasteiger partial charge in [-0.25, -0.2) is 9.97 Å². The molecule has 0 fully saturated rings. The molecule has 0 atom stereocenters. The number of thiazole rings is 2. The summed E-state index contributed by atoms with van der Waals surface area (Å²) in [5.41, 5.74) is 1.81. The molecule has 0 aliphatic heterocycles. The van der Waals surface area contributed by atoms with Crippen LogP contribution in [0.25, 0.3) is 0 Å². The fourth-order valence-corrected chi connectivity index (χ4v) is 4.44. The molecule has 1 N–H and O–H groups in total. The van der Waals surface area contributed by atoms with Crippen LogP contribution in [0.1, 0.15) is 43.9 Å². The molecule has 1 aromatic carbocycles. The van der Waals surface area contributed by atoms with E-state index in [9.17, 15) is 4.79 Å². The molecule has 0 unspecified atom stereocenters. The minimum atomic E-state index is -0.0714. The summed E-state index contributed by atoms with van der Waals surface area (Å²) in [6, 6.07) is 7.17. The van der Waals surface area contributed by atoms with Gasteiger partial charge >= 0.3 is 0 Å². The Bertz CT molecular complexity index is 922. The topological polar surface area (TPSA) is 64.1 Å². The lowest BCUT2D eigenvalue weighted by Crippen LogP contribution is -2.24. The Morgan fingerprint density at radius 1 is 1.14 bits per heavy atom. The van der Waals surface area contributed by atoms with Crippen molar-refractivity contribution in [2.75, 3.05) is 6.54 Å². The average Bonchev–Trinajstić information content (AvgIpc) is 3.26. The highest BCUT2D eigenvalue weighted by Crippen LogP contribution is 2.21. The first kappa shape index (κ1) is 20.8. The normalized spacial score (nSPS) is 10.8. The summed E-state index contributed by atoms with van der Waals surface area (Å²) in [6.07, 6.45) is 2.89. The van der Waals surface area contributed by atoms with Crippen LogP contribution in [0, 0.1) is 13.8 Å². The molecule has 8 heteroatoms. The van der Waals surface area contributed by atoms with Crippen LogP contribution in [-0.2, 0) is 13.0 Å². The number of nitrogens with one attached hydrogen (secondary N) is 1. The van der Waals surface area contributed by atoms with Gasteiger partial charge in [0.1, 0.15) is 22.2 Å². The van der Waals surface area contributed by atoms with Crippen LogP contribution in [0.2, 0.25) is 5.02 Å². The van der Waals surface area contributed by atoms with Crippen molar-refractivity contribution in [2.45, 2.75) is 39.7 Å². The standard InChI is InChI=1S/C20H22ClN3O2S2/c1-13-12-27-17(23-13)5-3-4-10-22-20(25)19-14(2)24-18(28-19)11-26-16-8-6-15(21)7-9-16/h6-9,12H,3-5,10-11H2,1-2H3,(H,22,25). The first-order valence-corrected chi connectivity index (χ1v) is 11.1. The number of carbonyl (C=O) groups is 1. The highest BCUT2D eigenvalue weighted by molar-refractivity contribution is 7.13. The smallest absolute Gasteiger partial charge is 0.263 e. The number of amides is 1. The van der Waals surface area contributed by atoms with Gasteiger partial charge < -0.3 is 10.1 Å². The van der Waals surface area contributed by atoms with Crippen molar-refractivity contribution in [3.05, 3.63) is 60.9 Å². The maximum Gasteiger partial charge on any atom is 0.263 e. The van der Waals surface area contributed by atoms with E-state index < -0.39 is 0 Å². The number of unbranched alkanes of at least 4 members (excludes halogenated alkanes) is 1. The lowest BCUT2D eigenvalue weighted by molar-refractivity contribution is 0.0956. The maximum absolute atomic E-state index is 12.4. The number of aryl methyl sites for hydroxylation is 3. The summed E-state index contributed by atoms with van der Waals surface area (Å²) in [4.78, 5) is 22.0. The highest BCUT2D eigenvalue weighted by Gasteiger charge is 2.15. The van der Waals surface area contributed by atoms with Crippen LogP contribution in [-0.4, -0.2) is 22.4 Å². The van der Waals surface area contributed by atoms with Crippen LogP contribution >= 0.6 is 34.3 Å². The maximum atomic E-state index is 12.4. The van der Waals surface area contributed by atoms with Gasteiger partial charge in [-0.15, -0.1) is 22.7 Å². The third-order valence-electron chi connectivity index (χ3n) is 3.99. The molecule has 0 aliphatic rings. The van der Waals surface area contributed by atoms with Crippen molar-refractivity contribution in [1.29, 1.82) is 0 Å². The molecular weight excluding hydrogens is 414 g/mol. The van der Waals surface area contributed by atoms with Gasteiger partial charge in [0.05, 0.1) is 10.7 Å². The first-order chi connectivity index (χ1) is 13.5. The summed E-state index contributed by atoms with van der Waals surface area (Å²) in [5, 5.41) is 7.65. The summed E-state index contributed by atoms with van der Waals surface area (Å²) < 4.78 is 5.70. The molecule has 0 radical (unpaired) electrons. The van der Waals surface area contributed by atoms with E-state index in [1.807, 2.05) is 26.0 Å². The molecule has 0 saturated carbocycles. The van der Waals surface area contributed by atoms with Crippen LogP contribution in [0.15, 0.2) is 29.6 Å². The molecule has 3 aromatic rings.